The fourth-order valence-corrected chi connectivity index (χ4v) is 4.60. The predicted octanol–water partition coefficient (Wildman–Crippen LogP) is 4.37. The second-order valence-electron chi connectivity index (χ2n) is 8.88. The van der Waals surface area contributed by atoms with Gasteiger partial charge in [-0.25, -0.2) is 23.1 Å². The van der Waals surface area contributed by atoms with Gasteiger partial charge in [0.05, 0.1) is 10.6 Å². The normalized spacial score (nSPS) is 15.6. The molecule has 38 heavy (non-hydrogen) atoms. The lowest BCUT2D eigenvalue weighted by molar-refractivity contribution is -0.123. The number of urea groups is 1. The smallest absolute Gasteiger partial charge is 0.307 e. The van der Waals surface area contributed by atoms with E-state index in [1.165, 1.54) is 24.9 Å². The van der Waals surface area contributed by atoms with Crippen molar-refractivity contribution in [2.75, 3.05) is 10.2 Å². The molecule has 1 N–H and O–H groups in total. The molecule has 9 nitrogen and oxygen atoms in total. The second kappa shape index (κ2) is 9.56. The second-order valence-corrected chi connectivity index (χ2v) is 10.8. The molecule has 0 spiro atoms. The van der Waals surface area contributed by atoms with Gasteiger partial charge in [-0.3, -0.25) is 9.59 Å². The molecule has 0 saturated carbocycles. The Morgan fingerprint density at radius 2 is 1.63 bits per heavy atom. The number of aromatic nitrogens is 1. The van der Waals surface area contributed by atoms with Crippen molar-refractivity contribution in [1.82, 2.24) is 9.88 Å². The van der Waals surface area contributed by atoms with E-state index in [1.54, 1.807) is 42.5 Å². The molecule has 198 valence electrons. The van der Waals surface area contributed by atoms with Crippen LogP contribution in [0.25, 0.3) is 0 Å². The Morgan fingerprint density at radius 3 is 2.24 bits per heavy atom. The molecule has 13 heteroatoms. The SMILES string of the molecule is CC1(C)C(=O)N(c2ccc(S(=O)(=O)C(F)(F)F)cc2)C(=O)N1Cc1ccnc(NC(=O)c2ccccc2)c1. The summed E-state index contributed by atoms with van der Waals surface area (Å²) in [6.45, 7) is 2.97. The first kappa shape index (κ1) is 26.8. The molecule has 1 fully saturated rings. The fourth-order valence-electron chi connectivity index (χ4n) is 3.84. The summed E-state index contributed by atoms with van der Waals surface area (Å²) in [6.07, 6.45) is 1.43. The Morgan fingerprint density at radius 1 is 1.00 bits per heavy atom. The third-order valence-corrected chi connectivity index (χ3v) is 7.48. The van der Waals surface area contributed by atoms with E-state index in [0.29, 0.717) is 23.3 Å². The van der Waals surface area contributed by atoms with Gasteiger partial charge < -0.3 is 10.2 Å². The number of alkyl halides is 3. The molecule has 1 aliphatic rings. The number of nitrogens with one attached hydrogen (secondary N) is 1. The lowest BCUT2D eigenvalue weighted by Crippen LogP contribution is -2.43. The monoisotopic (exact) mass is 546 g/mol. The molecule has 2 heterocycles. The maximum atomic E-state index is 13.3. The highest BCUT2D eigenvalue weighted by molar-refractivity contribution is 7.92. The van der Waals surface area contributed by atoms with Gasteiger partial charge in [-0.15, -0.1) is 0 Å². The van der Waals surface area contributed by atoms with E-state index < -0.39 is 37.7 Å². The van der Waals surface area contributed by atoms with Crippen LogP contribution in [-0.4, -0.2) is 47.2 Å². The van der Waals surface area contributed by atoms with Crippen molar-refractivity contribution >= 4 is 39.2 Å². The van der Waals surface area contributed by atoms with Crippen molar-refractivity contribution in [2.45, 2.75) is 36.3 Å². The number of hydrogen-bond acceptors (Lipinski definition) is 6. The number of imide groups is 1. The van der Waals surface area contributed by atoms with Gasteiger partial charge >= 0.3 is 11.5 Å². The Balaban J connectivity index is 1.56. The van der Waals surface area contributed by atoms with E-state index in [9.17, 15) is 36.0 Å². The molecular formula is C25H21F3N4O5S. The predicted molar refractivity (Wildman–Crippen MR) is 131 cm³/mol. The number of hydrogen-bond donors (Lipinski definition) is 1. The number of carbonyl (C=O) groups excluding carboxylic acids is 3. The van der Waals surface area contributed by atoms with E-state index in [0.717, 1.165) is 17.0 Å². The summed E-state index contributed by atoms with van der Waals surface area (Å²) in [5.74, 6) is -0.809. The summed E-state index contributed by atoms with van der Waals surface area (Å²) >= 11 is 0. The Bertz CT molecular complexity index is 1510. The van der Waals surface area contributed by atoms with Gasteiger partial charge in [0.1, 0.15) is 11.4 Å². The largest absolute Gasteiger partial charge is 0.501 e. The zero-order valence-corrected chi connectivity index (χ0v) is 20.9. The average Bonchev–Trinajstić information content (AvgIpc) is 3.03. The summed E-state index contributed by atoms with van der Waals surface area (Å²) in [7, 11) is -5.58. The van der Waals surface area contributed by atoms with E-state index in [-0.39, 0.29) is 24.0 Å². The van der Waals surface area contributed by atoms with Gasteiger partial charge in [-0.2, -0.15) is 13.2 Å². The number of pyridine rings is 1. The van der Waals surface area contributed by atoms with Crippen LogP contribution in [-0.2, 0) is 21.2 Å². The molecule has 0 aliphatic carbocycles. The van der Waals surface area contributed by atoms with Crippen LogP contribution in [0.2, 0.25) is 0 Å². The molecule has 4 rings (SSSR count). The molecule has 0 radical (unpaired) electrons. The first-order chi connectivity index (χ1) is 17.7. The third-order valence-electron chi connectivity index (χ3n) is 5.98. The van der Waals surface area contributed by atoms with Crippen LogP contribution >= 0.6 is 0 Å². The number of nitrogens with zero attached hydrogens (tertiary/aromatic N) is 3. The number of anilines is 2. The summed E-state index contributed by atoms with van der Waals surface area (Å²) < 4.78 is 61.8. The fraction of sp³-hybridized carbons (Fsp3) is 0.200. The quantitative estimate of drug-likeness (QED) is 0.459. The Labute approximate surface area is 215 Å². The number of carbonyl (C=O) groups is 3. The van der Waals surface area contributed by atoms with Crippen LogP contribution in [0.15, 0.2) is 77.8 Å². The van der Waals surface area contributed by atoms with Crippen molar-refractivity contribution in [1.29, 1.82) is 0 Å². The Kier molecular flexibility index (Phi) is 6.74. The number of amides is 4. The lowest BCUT2D eigenvalue weighted by Gasteiger charge is -2.27. The van der Waals surface area contributed by atoms with E-state index in [4.69, 9.17) is 0 Å². The van der Waals surface area contributed by atoms with E-state index in [2.05, 4.69) is 10.3 Å². The topological polar surface area (TPSA) is 117 Å². The number of rotatable bonds is 6. The van der Waals surface area contributed by atoms with Crippen LogP contribution < -0.4 is 10.2 Å². The minimum Gasteiger partial charge on any atom is -0.307 e. The molecule has 0 bridgehead atoms. The highest BCUT2D eigenvalue weighted by Gasteiger charge is 2.52. The van der Waals surface area contributed by atoms with Crippen LogP contribution in [0, 0.1) is 0 Å². The van der Waals surface area contributed by atoms with Gasteiger partial charge in [0, 0.05) is 18.3 Å². The van der Waals surface area contributed by atoms with Crippen LogP contribution in [0.4, 0.5) is 29.5 Å². The first-order valence-electron chi connectivity index (χ1n) is 11.1. The van der Waals surface area contributed by atoms with Crippen molar-refractivity contribution in [3.05, 3.63) is 84.1 Å². The number of sulfone groups is 1. The molecule has 1 saturated heterocycles. The van der Waals surface area contributed by atoms with Crippen molar-refractivity contribution in [3.8, 4) is 0 Å². The first-order valence-corrected chi connectivity index (χ1v) is 12.6. The van der Waals surface area contributed by atoms with E-state index in [1.807, 2.05) is 0 Å². The van der Waals surface area contributed by atoms with Gasteiger partial charge in [0.15, 0.2) is 0 Å². The molecule has 0 atom stereocenters. The molecule has 3 aromatic rings. The van der Waals surface area contributed by atoms with Crippen molar-refractivity contribution < 1.29 is 36.0 Å². The van der Waals surface area contributed by atoms with Crippen LogP contribution in [0.1, 0.15) is 29.8 Å². The summed E-state index contributed by atoms with van der Waals surface area (Å²) in [6, 6.07) is 14.2. The zero-order valence-electron chi connectivity index (χ0n) is 20.1. The zero-order chi connectivity index (χ0) is 27.9. The Hall–Kier alpha value is -4.26. The minimum atomic E-state index is -5.58. The van der Waals surface area contributed by atoms with Crippen LogP contribution in [0.3, 0.4) is 0 Å². The molecular weight excluding hydrogens is 525 g/mol. The number of halogens is 3. The summed E-state index contributed by atoms with van der Waals surface area (Å²) in [5, 5.41) is 2.67. The average molecular weight is 547 g/mol. The lowest BCUT2D eigenvalue weighted by atomic mass is 10.0. The van der Waals surface area contributed by atoms with Gasteiger partial charge in [-0.1, -0.05) is 18.2 Å². The van der Waals surface area contributed by atoms with Crippen molar-refractivity contribution in [3.63, 3.8) is 0 Å². The molecule has 0 unspecified atom stereocenters. The highest BCUT2D eigenvalue weighted by Crippen LogP contribution is 2.35. The molecule has 2 aromatic carbocycles. The summed E-state index contributed by atoms with van der Waals surface area (Å²) in [4.78, 5) is 44.0. The maximum absolute atomic E-state index is 13.3. The molecule has 4 amide bonds. The van der Waals surface area contributed by atoms with Gasteiger partial charge in [0.25, 0.3) is 21.7 Å². The van der Waals surface area contributed by atoms with Crippen LogP contribution in [0.5, 0.6) is 0 Å². The highest BCUT2D eigenvalue weighted by atomic mass is 32.2. The minimum absolute atomic E-state index is 0.0503. The van der Waals surface area contributed by atoms with Gasteiger partial charge in [-0.05, 0) is 67.9 Å². The molecule has 1 aliphatic heterocycles. The van der Waals surface area contributed by atoms with Crippen molar-refractivity contribution in [2.24, 2.45) is 0 Å². The van der Waals surface area contributed by atoms with Gasteiger partial charge in [0.2, 0.25) is 0 Å². The van der Waals surface area contributed by atoms with E-state index >= 15 is 0 Å². The maximum Gasteiger partial charge on any atom is 0.501 e. The summed E-state index contributed by atoms with van der Waals surface area (Å²) in [5.41, 5.74) is -5.94. The number of benzene rings is 2. The third kappa shape index (κ3) is 4.84. The molecule has 1 aromatic heterocycles. The standard InChI is InChI=1S/C25H21F3N4O5S/c1-24(2)22(34)32(18-8-10-19(11-9-18)38(36,37)25(26,27)28)23(35)31(24)15-16-12-13-29-20(14-16)30-21(33)17-6-4-3-5-7-17/h3-14H,15H2,1-2H3,(H,29,30,33).